The molecule has 0 amide bonds. The largest absolute Gasteiger partial charge is 0.337 e. The highest BCUT2D eigenvalue weighted by Gasteiger charge is 2.20. The van der Waals surface area contributed by atoms with Gasteiger partial charge in [-0.3, -0.25) is 4.72 Å². The van der Waals surface area contributed by atoms with Gasteiger partial charge in [-0.15, -0.1) is 0 Å². The Bertz CT molecular complexity index is 1600. The Kier molecular flexibility index (Phi) is 5.54. The van der Waals surface area contributed by atoms with Gasteiger partial charge < -0.3 is 5.32 Å². The zero-order valence-electron chi connectivity index (χ0n) is 17.0. The Morgan fingerprint density at radius 3 is 2.27 bits per heavy atom. The lowest BCUT2D eigenvalue weighted by Crippen LogP contribution is -2.16. The maximum Gasteiger partial charge on any atom is 0.263 e. The Balaban J connectivity index is 1.67. The normalized spacial score (nSPS) is 11.6. The summed E-state index contributed by atoms with van der Waals surface area (Å²) < 4.78 is 28.6. The van der Waals surface area contributed by atoms with Crippen LogP contribution in [0.4, 0.5) is 17.3 Å². The van der Waals surface area contributed by atoms with Gasteiger partial charge in [0.2, 0.25) is 0 Å². The number of fused-ring (bicyclic) bond motifs is 2. The van der Waals surface area contributed by atoms with E-state index in [4.69, 9.17) is 23.2 Å². The lowest BCUT2D eigenvalue weighted by Gasteiger charge is -2.15. The van der Waals surface area contributed by atoms with E-state index in [-0.39, 0.29) is 21.6 Å². The Morgan fingerprint density at radius 1 is 0.727 bits per heavy atom. The molecule has 0 spiro atoms. The highest BCUT2D eigenvalue weighted by molar-refractivity contribution is 7.92. The van der Waals surface area contributed by atoms with E-state index in [2.05, 4.69) is 20.0 Å². The number of hydrogen-bond donors (Lipinski definition) is 2. The number of hydrogen-bond acceptors (Lipinski definition) is 5. The molecule has 9 heteroatoms. The van der Waals surface area contributed by atoms with Crippen LogP contribution in [0.5, 0.6) is 0 Å². The van der Waals surface area contributed by atoms with Gasteiger partial charge in [-0.05, 0) is 35.7 Å². The first-order valence-electron chi connectivity index (χ1n) is 9.91. The third kappa shape index (κ3) is 4.18. The molecular weight excluding hydrogens is 479 g/mol. The summed E-state index contributed by atoms with van der Waals surface area (Å²) in [6.07, 6.45) is 0. The van der Waals surface area contributed by atoms with E-state index in [1.807, 2.05) is 42.5 Å². The smallest absolute Gasteiger partial charge is 0.263 e. The van der Waals surface area contributed by atoms with Crippen LogP contribution in [0, 0.1) is 0 Å². The Hall–Kier alpha value is -3.39. The van der Waals surface area contributed by atoms with Crippen molar-refractivity contribution in [3.8, 4) is 0 Å². The van der Waals surface area contributed by atoms with Crippen LogP contribution in [-0.4, -0.2) is 18.4 Å². The van der Waals surface area contributed by atoms with Crippen LogP contribution < -0.4 is 10.0 Å². The average Bonchev–Trinajstić information content (AvgIpc) is 2.83. The summed E-state index contributed by atoms with van der Waals surface area (Å²) in [6, 6.07) is 24.9. The van der Waals surface area contributed by atoms with E-state index in [1.165, 1.54) is 12.1 Å². The SMILES string of the molecule is O=S(=O)(Nc1nc2ccc(Cl)c(Cl)c2nc1Nc1cccc2ccccc12)c1ccccc1. The summed E-state index contributed by atoms with van der Waals surface area (Å²) in [5, 5.41) is 5.75. The van der Waals surface area contributed by atoms with Crippen molar-refractivity contribution in [2.24, 2.45) is 0 Å². The lowest BCUT2D eigenvalue weighted by atomic mass is 10.1. The fourth-order valence-electron chi connectivity index (χ4n) is 3.47. The maximum absolute atomic E-state index is 13.0. The highest BCUT2D eigenvalue weighted by Crippen LogP contribution is 2.34. The quantitative estimate of drug-likeness (QED) is 0.286. The molecule has 0 atom stereocenters. The number of nitrogens with one attached hydrogen (secondary N) is 2. The molecule has 164 valence electrons. The molecule has 4 aromatic carbocycles. The van der Waals surface area contributed by atoms with E-state index >= 15 is 0 Å². The molecule has 0 aliphatic rings. The fourth-order valence-corrected chi connectivity index (χ4v) is 4.86. The number of sulfonamides is 1. The molecule has 0 saturated carbocycles. The van der Waals surface area contributed by atoms with Gasteiger partial charge in [-0.25, -0.2) is 18.4 Å². The molecule has 2 N–H and O–H groups in total. The second-order valence-corrected chi connectivity index (χ2v) is 9.69. The van der Waals surface area contributed by atoms with Crippen molar-refractivity contribution >= 4 is 72.4 Å². The van der Waals surface area contributed by atoms with Gasteiger partial charge in [0.15, 0.2) is 11.6 Å². The van der Waals surface area contributed by atoms with Crippen molar-refractivity contribution in [3.63, 3.8) is 0 Å². The first kappa shape index (κ1) is 21.5. The second kappa shape index (κ2) is 8.51. The van der Waals surface area contributed by atoms with Crippen molar-refractivity contribution in [1.29, 1.82) is 0 Å². The summed E-state index contributed by atoms with van der Waals surface area (Å²) in [5.74, 6) is 0.236. The average molecular weight is 495 g/mol. The summed E-state index contributed by atoms with van der Waals surface area (Å²) >= 11 is 12.5. The predicted molar refractivity (Wildman–Crippen MR) is 134 cm³/mol. The van der Waals surface area contributed by atoms with Crippen molar-refractivity contribution in [3.05, 3.63) is 95.0 Å². The fraction of sp³-hybridized carbons (Fsp3) is 0. The molecule has 0 fully saturated rings. The van der Waals surface area contributed by atoms with Gasteiger partial charge >= 0.3 is 0 Å². The third-order valence-corrected chi connectivity index (χ3v) is 7.20. The zero-order chi connectivity index (χ0) is 23.0. The van der Waals surface area contributed by atoms with Gasteiger partial charge in [0.1, 0.15) is 5.52 Å². The molecule has 1 aromatic heterocycles. The van der Waals surface area contributed by atoms with E-state index in [9.17, 15) is 8.42 Å². The van der Waals surface area contributed by atoms with Crippen LogP contribution in [0.25, 0.3) is 21.8 Å². The molecule has 6 nitrogen and oxygen atoms in total. The van der Waals surface area contributed by atoms with Crippen LogP contribution in [0.2, 0.25) is 10.0 Å². The van der Waals surface area contributed by atoms with Crippen LogP contribution in [0.3, 0.4) is 0 Å². The summed E-state index contributed by atoms with van der Waals surface area (Å²) in [6.45, 7) is 0. The highest BCUT2D eigenvalue weighted by atomic mass is 35.5. The number of aromatic nitrogens is 2. The Morgan fingerprint density at radius 2 is 1.45 bits per heavy atom. The molecule has 0 saturated heterocycles. The van der Waals surface area contributed by atoms with Crippen LogP contribution in [-0.2, 0) is 10.0 Å². The molecule has 0 unspecified atom stereocenters. The number of nitrogens with zero attached hydrogens (tertiary/aromatic N) is 2. The van der Waals surface area contributed by atoms with Crippen LogP contribution >= 0.6 is 23.2 Å². The molecule has 1 heterocycles. The van der Waals surface area contributed by atoms with Gasteiger partial charge in [-0.2, -0.15) is 0 Å². The van der Waals surface area contributed by atoms with Crippen molar-refractivity contribution < 1.29 is 8.42 Å². The summed E-state index contributed by atoms with van der Waals surface area (Å²) in [5.41, 5.74) is 1.49. The minimum Gasteiger partial charge on any atom is -0.337 e. The first-order chi connectivity index (χ1) is 15.9. The van der Waals surface area contributed by atoms with E-state index in [1.54, 1.807) is 30.3 Å². The van der Waals surface area contributed by atoms with Crippen molar-refractivity contribution in [1.82, 2.24) is 9.97 Å². The molecule has 0 aliphatic heterocycles. The topological polar surface area (TPSA) is 84.0 Å². The monoisotopic (exact) mass is 494 g/mol. The van der Waals surface area contributed by atoms with E-state index in [0.29, 0.717) is 16.1 Å². The van der Waals surface area contributed by atoms with Crippen molar-refractivity contribution in [2.45, 2.75) is 4.90 Å². The molecule has 5 aromatic rings. The number of halogens is 2. The standard InChI is InChI=1S/C24H16Cl2N4O2S/c25-18-13-14-20-22(21(18)26)29-23(27-19-12-6-8-15-7-4-5-11-17(15)19)24(28-20)30-33(31,32)16-9-2-1-3-10-16/h1-14H,(H,27,29)(H,28,30). The molecule has 33 heavy (non-hydrogen) atoms. The molecule has 0 radical (unpaired) electrons. The number of benzene rings is 4. The summed E-state index contributed by atoms with van der Waals surface area (Å²) in [7, 11) is -3.91. The minimum absolute atomic E-state index is 0.0395. The number of rotatable bonds is 5. The van der Waals surface area contributed by atoms with Gasteiger partial charge in [-0.1, -0.05) is 77.8 Å². The van der Waals surface area contributed by atoms with Gasteiger partial charge in [0, 0.05) is 11.1 Å². The zero-order valence-corrected chi connectivity index (χ0v) is 19.3. The van der Waals surface area contributed by atoms with E-state index < -0.39 is 10.0 Å². The van der Waals surface area contributed by atoms with Gasteiger partial charge in [0.25, 0.3) is 10.0 Å². The third-order valence-electron chi connectivity index (χ3n) is 5.06. The minimum atomic E-state index is -3.91. The van der Waals surface area contributed by atoms with Crippen LogP contribution in [0.15, 0.2) is 89.8 Å². The Labute approximate surface area is 200 Å². The molecule has 0 aliphatic carbocycles. The first-order valence-corrected chi connectivity index (χ1v) is 12.1. The maximum atomic E-state index is 13.0. The van der Waals surface area contributed by atoms with Gasteiger partial charge in [0.05, 0.1) is 20.5 Å². The lowest BCUT2D eigenvalue weighted by molar-refractivity contribution is 0.601. The summed E-state index contributed by atoms with van der Waals surface area (Å²) in [4.78, 5) is 9.21. The van der Waals surface area contributed by atoms with E-state index in [0.717, 1.165) is 16.5 Å². The van der Waals surface area contributed by atoms with Crippen molar-refractivity contribution in [2.75, 3.05) is 10.0 Å². The predicted octanol–water partition coefficient (Wildman–Crippen LogP) is 6.63. The molecule has 0 bridgehead atoms. The number of anilines is 3. The second-order valence-electron chi connectivity index (χ2n) is 7.22. The molecular formula is C24H16Cl2N4O2S. The molecule has 5 rings (SSSR count). The van der Waals surface area contributed by atoms with Crippen LogP contribution in [0.1, 0.15) is 0 Å².